The Morgan fingerprint density at radius 3 is 2.70 bits per heavy atom. The smallest absolute Gasteiger partial charge is 0.410 e. The molecule has 190 valence electrons. The van der Waals surface area contributed by atoms with E-state index in [-0.39, 0.29) is 23.4 Å². The number of amides is 1. The molecule has 2 aliphatic heterocycles. The van der Waals surface area contributed by atoms with Crippen molar-refractivity contribution in [3.8, 4) is 23.8 Å². The minimum absolute atomic E-state index is 0.0560. The number of aromatic amines is 1. The maximum atomic E-state index is 13.1. The number of carbonyl (C=O) groups is 2. The molecule has 9 nitrogen and oxygen atoms in total. The molecule has 2 N–H and O–H groups in total. The maximum Gasteiger partial charge on any atom is 0.410 e. The molecule has 0 bridgehead atoms. The Morgan fingerprint density at radius 2 is 2.00 bits per heavy atom. The molecule has 0 atom stereocenters. The number of ketones is 1. The molecule has 3 aromatic rings. The zero-order chi connectivity index (χ0) is 26.3. The third-order valence-electron chi connectivity index (χ3n) is 6.33. The average molecular weight is 501 g/mol. The molecule has 0 unspecified atom stereocenters. The number of pyridine rings is 1. The van der Waals surface area contributed by atoms with Crippen molar-refractivity contribution in [1.82, 2.24) is 19.8 Å². The van der Waals surface area contributed by atoms with Gasteiger partial charge in [0.15, 0.2) is 5.76 Å². The van der Waals surface area contributed by atoms with E-state index in [0.29, 0.717) is 60.9 Å². The van der Waals surface area contributed by atoms with Crippen molar-refractivity contribution >= 4 is 29.0 Å². The normalized spacial score (nSPS) is 17.1. The molecule has 2 aliphatic rings. The van der Waals surface area contributed by atoms with Crippen LogP contribution < -0.4 is 4.74 Å². The molecular weight excluding hydrogens is 472 g/mol. The molecule has 5 rings (SSSR count). The van der Waals surface area contributed by atoms with Gasteiger partial charge in [-0.3, -0.25) is 9.69 Å². The first-order valence-corrected chi connectivity index (χ1v) is 12.1. The standard InChI is InChI=1S/C28H28N4O5/c1-5-18-6-7-19-17(15-29-26(19)30-18)14-23-24(34)20-8-9-22(33)21(25(20)36-23)16-31-10-12-32(13-11-31)27(35)37-28(2,3)4/h1,6-9,14-15,33H,10-13,16H2,2-4H3,(H,29,30)/b23-14-. The fraction of sp³-hybridized carbons (Fsp3) is 0.321. The zero-order valence-corrected chi connectivity index (χ0v) is 21.0. The molecule has 1 saturated heterocycles. The molecule has 0 aliphatic carbocycles. The summed E-state index contributed by atoms with van der Waals surface area (Å²) in [5.41, 5.74) is 2.27. The van der Waals surface area contributed by atoms with Crippen molar-refractivity contribution in [1.29, 1.82) is 0 Å². The van der Waals surface area contributed by atoms with Crippen LogP contribution in [0.15, 0.2) is 36.2 Å². The molecule has 1 amide bonds. The van der Waals surface area contributed by atoms with Crippen LogP contribution in [-0.2, 0) is 11.3 Å². The van der Waals surface area contributed by atoms with E-state index in [1.807, 2.05) is 26.8 Å². The van der Waals surface area contributed by atoms with Crippen LogP contribution in [0, 0.1) is 12.3 Å². The van der Waals surface area contributed by atoms with E-state index in [9.17, 15) is 14.7 Å². The highest BCUT2D eigenvalue weighted by atomic mass is 16.6. The van der Waals surface area contributed by atoms with Crippen molar-refractivity contribution in [3.63, 3.8) is 0 Å². The first-order valence-electron chi connectivity index (χ1n) is 12.1. The van der Waals surface area contributed by atoms with Crippen molar-refractivity contribution in [2.24, 2.45) is 0 Å². The summed E-state index contributed by atoms with van der Waals surface area (Å²) in [6.45, 7) is 8.11. The van der Waals surface area contributed by atoms with Gasteiger partial charge in [0, 0.05) is 49.9 Å². The number of allylic oxidation sites excluding steroid dienone is 1. The van der Waals surface area contributed by atoms with Crippen LogP contribution in [-0.4, -0.2) is 68.5 Å². The Kier molecular flexibility index (Phi) is 6.13. The highest BCUT2D eigenvalue weighted by Crippen LogP contribution is 2.40. The highest BCUT2D eigenvalue weighted by molar-refractivity contribution is 6.15. The maximum absolute atomic E-state index is 13.1. The molecule has 2 aromatic heterocycles. The van der Waals surface area contributed by atoms with Crippen LogP contribution in [0.25, 0.3) is 17.1 Å². The Balaban J connectivity index is 1.33. The topological polar surface area (TPSA) is 108 Å². The van der Waals surface area contributed by atoms with Crippen molar-refractivity contribution in [2.45, 2.75) is 32.9 Å². The van der Waals surface area contributed by atoms with E-state index in [0.717, 1.165) is 10.9 Å². The fourth-order valence-electron chi connectivity index (χ4n) is 4.46. The number of phenols is 1. The number of aromatic hydroxyl groups is 1. The number of aromatic nitrogens is 2. The number of rotatable bonds is 3. The van der Waals surface area contributed by atoms with Gasteiger partial charge in [-0.2, -0.15) is 0 Å². The lowest BCUT2D eigenvalue weighted by Crippen LogP contribution is -2.49. The number of H-pyrrole nitrogens is 1. The Morgan fingerprint density at radius 1 is 1.24 bits per heavy atom. The van der Waals surface area contributed by atoms with Gasteiger partial charge in [0.1, 0.15) is 28.4 Å². The second-order valence-corrected chi connectivity index (χ2v) is 10.1. The van der Waals surface area contributed by atoms with Gasteiger partial charge >= 0.3 is 6.09 Å². The molecule has 4 heterocycles. The number of piperazine rings is 1. The molecule has 1 aromatic carbocycles. The van der Waals surface area contributed by atoms with E-state index in [1.54, 1.807) is 29.3 Å². The van der Waals surface area contributed by atoms with Crippen LogP contribution in [0.4, 0.5) is 4.79 Å². The summed E-state index contributed by atoms with van der Waals surface area (Å²) in [5.74, 6) is 2.83. The predicted octanol–water partition coefficient (Wildman–Crippen LogP) is 3.92. The highest BCUT2D eigenvalue weighted by Gasteiger charge is 2.33. The summed E-state index contributed by atoms with van der Waals surface area (Å²) in [6.07, 6.45) is 8.51. The summed E-state index contributed by atoms with van der Waals surface area (Å²) in [7, 11) is 0. The quantitative estimate of drug-likeness (QED) is 0.415. The number of carbonyl (C=O) groups excluding carboxylic acids is 2. The third-order valence-corrected chi connectivity index (χ3v) is 6.33. The summed E-state index contributed by atoms with van der Waals surface area (Å²) < 4.78 is 11.5. The minimum atomic E-state index is -0.548. The number of nitrogens with zero attached hydrogens (tertiary/aromatic N) is 3. The van der Waals surface area contributed by atoms with E-state index < -0.39 is 5.60 Å². The Hall–Kier alpha value is -4.29. The third kappa shape index (κ3) is 4.88. The van der Waals surface area contributed by atoms with Gasteiger partial charge in [-0.05, 0) is 51.1 Å². The Bertz CT molecular complexity index is 1470. The number of ether oxygens (including phenoxy) is 2. The van der Waals surface area contributed by atoms with Crippen LogP contribution in [0.2, 0.25) is 0 Å². The first-order chi connectivity index (χ1) is 17.6. The van der Waals surface area contributed by atoms with Gasteiger partial charge in [-0.25, -0.2) is 9.78 Å². The molecular formula is C28H28N4O5. The predicted molar refractivity (Wildman–Crippen MR) is 138 cm³/mol. The van der Waals surface area contributed by atoms with E-state index >= 15 is 0 Å². The summed E-state index contributed by atoms with van der Waals surface area (Å²) in [6, 6.07) is 6.68. The lowest BCUT2D eigenvalue weighted by molar-refractivity contribution is 0.0138. The molecule has 0 saturated carbocycles. The van der Waals surface area contributed by atoms with Gasteiger partial charge < -0.3 is 24.5 Å². The van der Waals surface area contributed by atoms with Crippen LogP contribution >= 0.6 is 0 Å². The zero-order valence-electron chi connectivity index (χ0n) is 21.0. The van der Waals surface area contributed by atoms with Gasteiger partial charge in [0.25, 0.3) is 0 Å². The van der Waals surface area contributed by atoms with Crippen LogP contribution in [0.3, 0.4) is 0 Å². The molecule has 0 radical (unpaired) electrons. The number of phenolic OH excluding ortho intramolecular Hbond substituents is 1. The number of benzene rings is 1. The van der Waals surface area contributed by atoms with Gasteiger partial charge in [-0.1, -0.05) is 5.92 Å². The number of terminal acetylenes is 1. The van der Waals surface area contributed by atoms with Crippen molar-refractivity contribution in [3.05, 3.63) is 58.6 Å². The van der Waals surface area contributed by atoms with E-state index in [1.165, 1.54) is 6.07 Å². The lowest BCUT2D eigenvalue weighted by Gasteiger charge is -2.35. The van der Waals surface area contributed by atoms with Gasteiger partial charge in [-0.15, -0.1) is 6.42 Å². The largest absolute Gasteiger partial charge is 0.507 e. The SMILES string of the molecule is C#Cc1ccc2c(/C=C3\Oc4c(ccc(O)c4CN4CCN(C(=O)OC(C)(C)C)CC4)C3=O)c[nH]c2n1. The van der Waals surface area contributed by atoms with Gasteiger partial charge in [0.2, 0.25) is 5.78 Å². The summed E-state index contributed by atoms with van der Waals surface area (Å²) >= 11 is 0. The molecule has 37 heavy (non-hydrogen) atoms. The lowest BCUT2D eigenvalue weighted by atomic mass is 10.0. The molecule has 9 heteroatoms. The van der Waals surface area contributed by atoms with Gasteiger partial charge in [0.05, 0.1) is 11.1 Å². The molecule has 1 fully saturated rings. The van der Waals surface area contributed by atoms with Crippen LogP contribution in [0.1, 0.15) is 48.0 Å². The second-order valence-electron chi connectivity index (χ2n) is 10.1. The van der Waals surface area contributed by atoms with Crippen molar-refractivity contribution < 1.29 is 24.2 Å². The summed E-state index contributed by atoms with van der Waals surface area (Å²) in [4.78, 5) is 36.7. The second kappa shape index (κ2) is 9.30. The number of fused-ring (bicyclic) bond motifs is 2. The van der Waals surface area contributed by atoms with Crippen LogP contribution in [0.5, 0.6) is 11.5 Å². The first kappa shape index (κ1) is 24.4. The number of Topliss-reactive ketones (excluding diaryl/α,β-unsaturated/α-hetero) is 1. The number of nitrogens with one attached hydrogen (secondary N) is 1. The Labute approximate surface area is 214 Å². The van der Waals surface area contributed by atoms with E-state index in [4.69, 9.17) is 15.9 Å². The number of hydrogen-bond donors (Lipinski definition) is 2. The minimum Gasteiger partial charge on any atom is -0.507 e. The molecule has 0 spiro atoms. The van der Waals surface area contributed by atoms with Crippen molar-refractivity contribution in [2.75, 3.05) is 26.2 Å². The summed E-state index contributed by atoms with van der Waals surface area (Å²) in [5, 5.41) is 11.5. The number of hydrogen-bond acceptors (Lipinski definition) is 7. The van der Waals surface area contributed by atoms with E-state index in [2.05, 4.69) is 20.8 Å². The monoisotopic (exact) mass is 500 g/mol. The average Bonchev–Trinajstić information content (AvgIpc) is 3.40. The fourth-order valence-corrected chi connectivity index (χ4v) is 4.46.